The van der Waals surface area contributed by atoms with Crippen molar-refractivity contribution in [3.8, 4) is 11.5 Å². The Labute approximate surface area is 156 Å². The largest absolute Gasteiger partial charge is 0.466 e. The van der Waals surface area contributed by atoms with E-state index in [9.17, 15) is 13.2 Å². The highest BCUT2D eigenvalue weighted by atomic mass is 32.2. The van der Waals surface area contributed by atoms with Gasteiger partial charge in [-0.05, 0) is 44.2 Å². The van der Waals surface area contributed by atoms with Crippen molar-refractivity contribution in [1.82, 2.24) is 14.5 Å². The van der Waals surface area contributed by atoms with Crippen LogP contribution >= 0.6 is 0 Å². The first kappa shape index (κ1) is 18.8. The maximum absolute atomic E-state index is 12.3. The zero-order valence-electron chi connectivity index (χ0n) is 15.2. The summed E-state index contributed by atoms with van der Waals surface area (Å²) < 4.78 is 36.1. The fourth-order valence-corrected chi connectivity index (χ4v) is 3.29. The second-order valence-corrected chi connectivity index (χ2v) is 8.16. The van der Waals surface area contributed by atoms with Crippen LogP contribution in [0.2, 0.25) is 0 Å². The molecule has 0 fully saturated rings. The maximum Gasteiger partial charge on any atom is 0.322 e. The molecule has 142 valence electrons. The van der Waals surface area contributed by atoms with Crippen LogP contribution in [-0.4, -0.2) is 42.9 Å². The van der Waals surface area contributed by atoms with Gasteiger partial charge < -0.3 is 8.83 Å². The van der Waals surface area contributed by atoms with Gasteiger partial charge in [-0.3, -0.25) is 10.1 Å². The molecule has 1 aromatic carbocycles. The summed E-state index contributed by atoms with van der Waals surface area (Å²) in [6, 6.07) is 7.23. The molecule has 0 saturated carbocycles. The number of hydrogen-bond donors (Lipinski definition) is 1. The minimum Gasteiger partial charge on any atom is -0.466 e. The van der Waals surface area contributed by atoms with Crippen LogP contribution in [0.4, 0.5) is 6.01 Å². The molecule has 1 N–H and O–H groups in total. The fourth-order valence-electron chi connectivity index (χ4n) is 2.38. The Balaban J connectivity index is 1.76. The third kappa shape index (κ3) is 3.76. The van der Waals surface area contributed by atoms with Gasteiger partial charge >= 0.3 is 6.01 Å². The van der Waals surface area contributed by atoms with Crippen LogP contribution in [-0.2, 0) is 10.0 Å². The number of rotatable bonds is 5. The number of sulfonamides is 1. The number of benzene rings is 1. The maximum atomic E-state index is 12.3. The molecule has 3 rings (SSSR count). The Morgan fingerprint density at radius 2 is 1.74 bits per heavy atom. The molecule has 0 unspecified atom stereocenters. The lowest BCUT2D eigenvalue weighted by Crippen LogP contribution is -2.22. The average molecular weight is 390 g/mol. The van der Waals surface area contributed by atoms with Gasteiger partial charge in [0.05, 0.1) is 10.5 Å². The van der Waals surface area contributed by atoms with Crippen molar-refractivity contribution >= 4 is 21.9 Å². The number of carbonyl (C=O) groups excluding carboxylic acids is 1. The van der Waals surface area contributed by atoms with Gasteiger partial charge in [-0.2, -0.15) is 0 Å². The second kappa shape index (κ2) is 6.97. The summed E-state index contributed by atoms with van der Waals surface area (Å²) in [6.07, 6.45) is 0. The molecule has 0 atom stereocenters. The minimum absolute atomic E-state index is 0.0711. The topological polar surface area (TPSA) is 119 Å². The number of carbonyl (C=O) groups is 1. The van der Waals surface area contributed by atoms with Crippen molar-refractivity contribution in [1.29, 1.82) is 0 Å². The van der Waals surface area contributed by atoms with E-state index in [2.05, 4.69) is 15.5 Å². The van der Waals surface area contributed by atoms with E-state index in [4.69, 9.17) is 8.83 Å². The van der Waals surface area contributed by atoms with E-state index in [1.165, 1.54) is 38.4 Å². The molecule has 2 heterocycles. The SMILES string of the molecule is Cc1cc(-c2nnc(NC(=O)c3ccc(S(=O)(=O)N(C)C)cc3)o2)c(C)o1. The summed E-state index contributed by atoms with van der Waals surface area (Å²) in [6.45, 7) is 3.57. The Bertz CT molecular complexity index is 1080. The smallest absolute Gasteiger partial charge is 0.322 e. The fraction of sp³-hybridized carbons (Fsp3) is 0.235. The van der Waals surface area contributed by atoms with Crippen molar-refractivity contribution in [2.24, 2.45) is 0 Å². The molecule has 2 aromatic heterocycles. The highest BCUT2D eigenvalue weighted by Crippen LogP contribution is 2.26. The van der Waals surface area contributed by atoms with Gasteiger partial charge in [0.25, 0.3) is 11.8 Å². The van der Waals surface area contributed by atoms with Crippen LogP contribution in [0.3, 0.4) is 0 Å². The van der Waals surface area contributed by atoms with Crippen LogP contribution < -0.4 is 5.32 Å². The zero-order valence-corrected chi connectivity index (χ0v) is 16.0. The summed E-state index contributed by atoms with van der Waals surface area (Å²) in [5.41, 5.74) is 0.904. The van der Waals surface area contributed by atoms with Gasteiger partial charge in [0.15, 0.2) is 0 Å². The van der Waals surface area contributed by atoms with E-state index >= 15 is 0 Å². The van der Waals surface area contributed by atoms with E-state index in [-0.39, 0.29) is 22.4 Å². The zero-order chi connectivity index (χ0) is 19.8. The van der Waals surface area contributed by atoms with E-state index in [1.807, 2.05) is 0 Å². The highest BCUT2D eigenvalue weighted by Gasteiger charge is 2.19. The Morgan fingerprint density at radius 3 is 2.30 bits per heavy atom. The van der Waals surface area contributed by atoms with Gasteiger partial charge in [0.1, 0.15) is 11.5 Å². The van der Waals surface area contributed by atoms with E-state index in [0.717, 1.165) is 4.31 Å². The number of anilines is 1. The quantitative estimate of drug-likeness (QED) is 0.711. The Hall–Kier alpha value is -2.98. The standard InChI is InChI=1S/C17H18N4O5S/c1-10-9-14(11(2)25-10)16-19-20-17(26-16)18-15(22)12-5-7-13(8-6-12)27(23,24)21(3)4/h5-9H,1-4H3,(H,18,20,22). The number of amides is 1. The lowest BCUT2D eigenvalue weighted by Gasteiger charge is -2.11. The molecule has 3 aromatic rings. The van der Waals surface area contributed by atoms with E-state index in [1.54, 1.807) is 19.9 Å². The molecule has 10 heteroatoms. The van der Waals surface area contributed by atoms with Crippen LogP contribution in [0, 0.1) is 13.8 Å². The van der Waals surface area contributed by atoms with Crippen LogP contribution in [0.25, 0.3) is 11.5 Å². The molecule has 0 aliphatic rings. The predicted molar refractivity (Wildman–Crippen MR) is 96.7 cm³/mol. The first-order valence-corrected chi connectivity index (χ1v) is 9.37. The molecular weight excluding hydrogens is 372 g/mol. The van der Waals surface area contributed by atoms with Gasteiger partial charge in [-0.1, -0.05) is 5.10 Å². The number of nitrogens with one attached hydrogen (secondary N) is 1. The normalized spacial score (nSPS) is 11.7. The van der Waals surface area contributed by atoms with E-state index < -0.39 is 15.9 Å². The molecule has 27 heavy (non-hydrogen) atoms. The van der Waals surface area contributed by atoms with Gasteiger partial charge in [0, 0.05) is 19.7 Å². The van der Waals surface area contributed by atoms with Crippen LogP contribution in [0.15, 0.2) is 44.1 Å². The summed E-state index contributed by atoms with van der Waals surface area (Å²) in [5, 5.41) is 10.2. The molecule has 0 spiro atoms. The van der Waals surface area contributed by atoms with Crippen molar-refractivity contribution in [3.63, 3.8) is 0 Å². The number of furan rings is 1. The molecular formula is C17H18N4O5S. The number of aryl methyl sites for hydroxylation is 2. The number of aromatic nitrogens is 2. The van der Waals surface area contributed by atoms with Crippen LogP contribution in [0.1, 0.15) is 21.9 Å². The third-order valence-corrected chi connectivity index (χ3v) is 5.64. The molecule has 9 nitrogen and oxygen atoms in total. The molecule has 0 radical (unpaired) electrons. The molecule has 0 aliphatic heterocycles. The third-order valence-electron chi connectivity index (χ3n) is 3.81. The summed E-state index contributed by atoms with van der Waals surface area (Å²) >= 11 is 0. The summed E-state index contributed by atoms with van der Waals surface area (Å²) in [7, 11) is -0.682. The van der Waals surface area contributed by atoms with Crippen molar-refractivity contribution < 1.29 is 22.0 Å². The average Bonchev–Trinajstić information content (AvgIpc) is 3.20. The molecule has 0 aliphatic carbocycles. The van der Waals surface area contributed by atoms with Crippen molar-refractivity contribution in [2.75, 3.05) is 19.4 Å². The monoisotopic (exact) mass is 390 g/mol. The Morgan fingerprint density at radius 1 is 1.07 bits per heavy atom. The first-order valence-electron chi connectivity index (χ1n) is 7.93. The molecule has 0 saturated heterocycles. The highest BCUT2D eigenvalue weighted by molar-refractivity contribution is 7.89. The lowest BCUT2D eigenvalue weighted by molar-refractivity contribution is 0.102. The van der Waals surface area contributed by atoms with E-state index in [0.29, 0.717) is 17.1 Å². The molecule has 1 amide bonds. The summed E-state index contributed by atoms with van der Waals surface area (Å²) in [4.78, 5) is 12.4. The van der Waals surface area contributed by atoms with Gasteiger partial charge in [-0.15, -0.1) is 5.10 Å². The predicted octanol–water partition coefficient (Wildman–Crippen LogP) is 2.45. The summed E-state index contributed by atoms with van der Waals surface area (Å²) in [5.74, 6) is 1.07. The Kier molecular flexibility index (Phi) is 4.85. The van der Waals surface area contributed by atoms with Crippen molar-refractivity contribution in [3.05, 3.63) is 47.4 Å². The lowest BCUT2D eigenvalue weighted by atomic mass is 10.2. The van der Waals surface area contributed by atoms with Crippen molar-refractivity contribution in [2.45, 2.75) is 18.7 Å². The number of nitrogens with zero attached hydrogens (tertiary/aromatic N) is 3. The molecule has 0 bridgehead atoms. The van der Waals surface area contributed by atoms with Crippen LogP contribution in [0.5, 0.6) is 0 Å². The van der Waals surface area contributed by atoms with Gasteiger partial charge in [-0.25, -0.2) is 12.7 Å². The first-order chi connectivity index (χ1) is 12.7. The number of hydrogen-bond acceptors (Lipinski definition) is 7. The van der Waals surface area contributed by atoms with Gasteiger partial charge in [0.2, 0.25) is 10.0 Å². The second-order valence-electron chi connectivity index (χ2n) is 6.01. The minimum atomic E-state index is -3.56.